The van der Waals surface area contributed by atoms with E-state index in [-0.39, 0.29) is 48.3 Å². The molecule has 0 bridgehead atoms. The van der Waals surface area contributed by atoms with E-state index in [1.54, 1.807) is 34.6 Å². The lowest BCUT2D eigenvalue weighted by atomic mass is 10.1. The van der Waals surface area contributed by atoms with Crippen molar-refractivity contribution in [1.29, 1.82) is 0 Å². The number of aryl methyl sites for hydroxylation is 1. The van der Waals surface area contributed by atoms with Gasteiger partial charge < -0.3 is 29.5 Å². The number of fused-ring (bicyclic) bond motifs is 1. The van der Waals surface area contributed by atoms with Gasteiger partial charge in [0.25, 0.3) is 11.5 Å². The Morgan fingerprint density at radius 3 is 2.65 bits per heavy atom. The van der Waals surface area contributed by atoms with Crippen LogP contribution in [0.2, 0.25) is 5.02 Å². The van der Waals surface area contributed by atoms with Gasteiger partial charge in [0.1, 0.15) is 18.6 Å². The van der Waals surface area contributed by atoms with Crippen molar-refractivity contribution in [3.05, 3.63) is 73.4 Å². The van der Waals surface area contributed by atoms with E-state index in [0.29, 0.717) is 72.8 Å². The predicted molar refractivity (Wildman–Crippen MR) is 174 cm³/mol. The van der Waals surface area contributed by atoms with Gasteiger partial charge in [-0.05, 0) is 43.5 Å². The van der Waals surface area contributed by atoms with Crippen molar-refractivity contribution in [3.8, 4) is 5.75 Å². The van der Waals surface area contributed by atoms with Crippen LogP contribution in [0.25, 0.3) is 11.4 Å². The third kappa shape index (κ3) is 6.09. The number of carbonyl (C=O) groups is 2. The van der Waals surface area contributed by atoms with Gasteiger partial charge in [0.15, 0.2) is 17.3 Å². The smallest absolute Gasteiger partial charge is 0.299 e. The third-order valence-corrected chi connectivity index (χ3v) is 8.81. The van der Waals surface area contributed by atoms with Gasteiger partial charge in [-0.3, -0.25) is 14.4 Å². The quantitative estimate of drug-likeness (QED) is 0.292. The largest absolute Gasteiger partial charge is 0.504 e. The Labute approximate surface area is 276 Å². The molecule has 0 unspecified atom stereocenters. The van der Waals surface area contributed by atoms with E-state index >= 15 is 0 Å². The monoisotopic (exact) mass is 711 g/mol. The highest BCUT2D eigenvalue weighted by atomic mass is 79.9. The van der Waals surface area contributed by atoms with Crippen molar-refractivity contribution >= 4 is 62.1 Å². The Morgan fingerprint density at radius 2 is 1.96 bits per heavy atom. The van der Waals surface area contributed by atoms with Crippen LogP contribution in [0.5, 0.6) is 5.75 Å². The number of aromatic hydroxyl groups is 1. The first-order valence-electron chi connectivity index (χ1n) is 14.8. The molecule has 1 fully saturated rings. The van der Waals surface area contributed by atoms with Gasteiger partial charge in [0.05, 0.1) is 35.3 Å². The number of benzene rings is 1. The number of nitrogens with one attached hydrogen (secondary N) is 1. The summed E-state index contributed by atoms with van der Waals surface area (Å²) in [6.45, 7) is 5.50. The summed E-state index contributed by atoms with van der Waals surface area (Å²) < 4.78 is 9.19. The molecule has 2 aliphatic rings. The van der Waals surface area contributed by atoms with Crippen LogP contribution in [0.15, 0.2) is 39.9 Å². The summed E-state index contributed by atoms with van der Waals surface area (Å²) in [6.07, 6.45) is 4.15. The van der Waals surface area contributed by atoms with E-state index in [1.165, 1.54) is 10.8 Å². The van der Waals surface area contributed by atoms with Crippen molar-refractivity contribution in [2.45, 2.75) is 33.2 Å². The fourth-order valence-corrected chi connectivity index (χ4v) is 6.35. The molecule has 4 aromatic rings. The van der Waals surface area contributed by atoms with E-state index in [9.17, 15) is 19.5 Å². The number of ether oxygens (including phenoxy) is 1. The zero-order valence-electron chi connectivity index (χ0n) is 25.2. The molecule has 0 spiro atoms. The lowest BCUT2D eigenvalue weighted by Gasteiger charge is -2.36. The topological polar surface area (TPSA) is 160 Å². The highest BCUT2D eigenvalue weighted by molar-refractivity contribution is 9.10. The minimum Gasteiger partial charge on any atom is -0.504 e. The van der Waals surface area contributed by atoms with Crippen LogP contribution in [-0.2, 0) is 22.5 Å². The second kappa shape index (κ2) is 13.2. The normalized spacial score (nSPS) is 15.3. The van der Waals surface area contributed by atoms with Crippen molar-refractivity contribution in [3.63, 3.8) is 0 Å². The standard InChI is InChI=1S/C30H31BrClN9O5/c1-3-22-25(38-8-10-39(11-9-38)28(44)24-26(43)17(2)33-16-34-24)29(45)41-30(36-27(37-41)18-6-12-46-13-7-18)40(22)15-23(42)35-21-5-4-19(31)14-20(21)32/h4-6,14,16,43H,3,7-13,15H2,1-2H3,(H,35,42). The molecule has 5 heterocycles. The van der Waals surface area contributed by atoms with E-state index in [0.717, 1.165) is 10.0 Å². The maximum atomic E-state index is 14.1. The van der Waals surface area contributed by atoms with Crippen LogP contribution in [0.4, 0.5) is 11.4 Å². The van der Waals surface area contributed by atoms with Crippen molar-refractivity contribution < 1.29 is 19.4 Å². The summed E-state index contributed by atoms with van der Waals surface area (Å²) in [7, 11) is 0. The molecule has 1 aromatic carbocycles. The molecule has 240 valence electrons. The van der Waals surface area contributed by atoms with Crippen molar-refractivity contribution in [2.75, 3.05) is 49.6 Å². The molecule has 0 saturated carbocycles. The van der Waals surface area contributed by atoms with Crippen molar-refractivity contribution in [1.82, 2.24) is 34.0 Å². The average Bonchev–Trinajstić information content (AvgIpc) is 3.51. The Hall–Kier alpha value is -4.34. The Morgan fingerprint density at radius 1 is 1.17 bits per heavy atom. The molecule has 0 radical (unpaired) electrons. The number of carbonyl (C=O) groups excluding carboxylic acids is 2. The molecule has 3 aromatic heterocycles. The van der Waals surface area contributed by atoms with Gasteiger partial charge in [-0.1, -0.05) is 40.5 Å². The molecule has 6 rings (SSSR count). The summed E-state index contributed by atoms with van der Waals surface area (Å²) >= 11 is 9.74. The van der Waals surface area contributed by atoms with Crippen LogP contribution in [0.3, 0.4) is 0 Å². The first-order chi connectivity index (χ1) is 22.2. The predicted octanol–water partition coefficient (Wildman–Crippen LogP) is 3.08. The molecule has 0 aliphatic carbocycles. The lowest BCUT2D eigenvalue weighted by Crippen LogP contribution is -2.51. The molecule has 46 heavy (non-hydrogen) atoms. The molecule has 1 saturated heterocycles. The number of hydrogen-bond donors (Lipinski definition) is 2. The number of aromatic nitrogens is 6. The van der Waals surface area contributed by atoms with Crippen LogP contribution >= 0.6 is 27.5 Å². The Bertz CT molecular complexity index is 1930. The first-order valence-corrected chi connectivity index (χ1v) is 15.9. The zero-order chi connectivity index (χ0) is 32.5. The minimum atomic E-state index is -0.417. The molecular formula is C30H31BrClN9O5. The molecule has 2 N–H and O–H groups in total. The van der Waals surface area contributed by atoms with Gasteiger partial charge in [-0.2, -0.15) is 9.50 Å². The van der Waals surface area contributed by atoms with Gasteiger partial charge in [-0.15, -0.1) is 5.10 Å². The summed E-state index contributed by atoms with van der Waals surface area (Å²) in [5.74, 6) is -0.379. The minimum absolute atomic E-state index is 0.0616. The van der Waals surface area contributed by atoms with E-state index in [2.05, 4.69) is 36.3 Å². The molecule has 0 atom stereocenters. The molecule has 16 heteroatoms. The third-order valence-electron chi connectivity index (χ3n) is 8.01. The summed E-state index contributed by atoms with van der Waals surface area (Å²) in [4.78, 5) is 56.9. The summed E-state index contributed by atoms with van der Waals surface area (Å²) in [6, 6.07) is 5.17. The number of amides is 2. The Kier molecular flexibility index (Phi) is 9.06. The number of halogens is 2. The maximum absolute atomic E-state index is 14.1. The number of rotatable bonds is 7. The molecule has 2 amide bonds. The molecule has 14 nitrogen and oxygen atoms in total. The summed E-state index contributed by atoms with van der Waals surface area (Å²) in [5.41, 5.74) is 2.19. The molecule has 2 aliphatic heterocycles. The number of piperazine rings is 1. The number of nitrogens with zero attached hydrogens (tertiary/aromatic N) is 8. The zero-order valence-corrected chi connectivity index (χ0v) is 27.5. The van der Waals surface area contributed by atoms with Gasteiger partial charge in [-0.25, -0.2) is 9.97 Å². The second-order valence-corrected chi connectivity index (χ2v) is 12.2. The van der Waals surface area contributed by atoms with E-state index in [4.69, 9.17) is 21.3 Å². The van der Waals surface area contributed by atoms with E-state index in [1.807, 2.05) is 17.9 Å². The van der Waals surface area contributed by atoms with Gasteiger partial charge >= 0.3 is 0 Å². The SMILES string of the molecule is CCc1c(N2CCN(C(=O)c3ncnc(C)c3O)CC2)c(=O)n2nc(C3=CCOCC3)nc2n1CC(=O)Nc1ccc(Br)cc1Cl. The fraction of sp³-hybridized carbons (Fsp3) is 0.367. The van der Waals surface area contributed by atoms with Gasteiger partial charge in [0, 0.05) is 30.7 Å². The highest BCUT2D eigenvalue weighted by Crippen LogP contribution is 2.27. The van der Waals surface area contributed by atoms with Gasteiger partial charge in [0.2, 0.25) is 11.7 Å². The van der Waals surface area contributed by atoms with Crippen LogP contribution < -0.4 is 15.8 Å². The number of hydrogen-bond acceptors (Lipinski definition) is 10. The highest BCUT2D eigenvalue weighted by Gasteiger charge is 2.30. The number of anilines is 2. The van der Waals surface area contributed by atoms with E-state index < -0.39 is 5.91 Å². The average molecular weight is 713 g/mol. The fourth-order valence-electron chi connectivity index (χ4n) is 5.63. The van der Waals surface area contributed by atoms with Crippen LogP contribution in [0, 0.1) is 6.92 Å². The maximum Gasteiger partial charge on any atom is 0.299 e. The first kappa shape index (κ1) is 31.6. The van der Waals surface area contributed by atoms with Crippen molar-refractivity contribution in [2.24, 2.45) is 0 Å². The molecular weight excluding hydrogens is 682 g/mol. The second-order valence-electron chi connectivity index (χ2n) is 10.8. The lowest BCUT2D eigenvalue weighted by molar-refractivity contribution is -0.116. The summed E-state index contributed by atoms with van der Waals surface area (Å²) in [5, 5.41) is 18.2. The Balaban J connectivity index is 1.36. The van der Waals surface area contributed by atoms with Crippen LogP contribution in [0.1, 0.15) is 41.0 Å². The van der Waals surface area contributed by atoms with Crippen LogP contribution in [-0.4, -0.2) is 90.3 Å².